The van der Waals surface area contributed by atoms with Gasteiger partial charge in [-0.3, -0.25) is 4.79 Å². The summed E-state index contributed by atoms with van der Waals surface area (Å²) in [5.74, 6) is 1.13. The molecule has 0 radical (unpaired) electrons. The van der Waals surface area contributed by atoms with Crippen molar-refractivity contribution in [2.24, 2.45) is 0 Å². The highest BCUT2D eigenvalue weighted by Gasteiger charge is 2.13. The van der Waals surface area contributed by atoms with Crippen LogP contribution in [0.2, 0.25) is 10.0 Å². The van der Waals surface area contributed by atoms with E-state index >= 15 is 0 Å². The first-order valence-corrected chi connectivity index (χ1v) is 8.35. The fourth-order valence-electron chi connectivity index (χ4n) is 2.16. The SMILES string of the molecule is CCOc1ccc(OCC(=O)N[C@@H](C)c2ccc(Cl)cc2Cl)cc1. The molecular formula is C18H19Cl2NO3. The molecule has 6 heteroatoms. The number of rotatable bonds is 7. The van der Waals surface area contributed by atoms with E-state index in [-0.39, 0.29) is 18.6 Å². The molecule has 24 heavy (non-hydrogen) atoms. The molecule has 0 bridgehead atoms. The van der Waals surface area contributed by atoms with Crippen LogP contribution < -0.4 is 14.8 Å². The van der Waals surface area contributed by atoms with Crippen molar-refractivity contribution in [2.45, 2.75) is 19.9 Å². The standard InChI is InChI=1S/C18H19Cl2NO3/c1-3-23-14-5-7-15(8-6-14)24-11-18(22)21-12(2)16-9-4-13(19)10-17(16)20/h4-10,12H,3,11H2,1-2H3,(H,21,22)/t12-/m0/s1. The molecule has 1 N–H and O–H groups in total. The van der Waals surface area contributed by atoms with Gasteiger partial charge in [-0.25, -0.2) is 0 Å². The van der Waals surface area contributed by atoms with Crippen LogP contribution in [0.3, 0.4) is 0 Å². The highest BCUT2D eigenvalue weighted by molar-refractivity contribution is 6.35. The van der Waals surface area contributed by atoms with Gasteiger partial charge < -0.3 is 14.8 Å². The Labute approximate surface area is 151 Å². The van der Waals surface area contributed by atoms with E-state index in [2.05, 4.69) is 5.32 Å². The molecule has 1 atom stereocenters. The molecule has 0 heterocycles. The number of carbonyl (C=O) groups is 1. The fraction of sp³-hybridized carbons (Fsp3) is 0.278. The molecule has 4 nitrogen and oxygen atoms in total. The van der Waals surface area contributed by atoms with Gasteiger partial charge in [0.1, 0.15) is 11.5 Å². The molecular weight excluding hydrogens is 349 g/mol. The molecule has 0 aromatic heterocycles. The molecule has 0 aliphatic carbocycles. The summed E-state index contributed by atoms with van der Waals surface area (Å²) in [6, 6.07) is 12.1. The number of halogens is 2. The van der Waals surface area contributed by atoms with Crippen LogP contribution in [0.1, 0.15) is 25.5 Å². The minimum atomic E-state index is -0.244. The van der Waals surface area contributed by atoms with Crippen LogP contribution in [0.25, 0.3) is 0 Å². The Morgan fingerprint density at radius 2 is 1.71 bits per heavy atom. The second-order valence-corrected chi connectivity index (χ2v) is 5.99. The summed E-state index contributed by atoms with van der Waals surface area (Å²) in [6.07, 6.45) is 0. The lowest BCUT2D eigenvalue weighted by molar-refractivity contribution is -0.123. The molecule has 2 aromatic rings. The first-order chi connectivity index (χ1) is 11.5. The van der Waals surface area contributed by atoms with E-state index in [1.807, 2.05) is 13.8 Å². The maximum atomic E-state index is 12.0. The zero-order valence-corrected chi connectivity index (χ0v) is 15.0. The average Bonchev–Trinajstić information content (AvgIpc) is 2.54. The molecule has 0 aliphatic heterocycles. The highest BCUT2D eigenvalue weighted by Crippen LogP contribution is 2.26. The van der Waals surface area contributed by atoms with Gasteiger partial charge in [-0.2, -0.15) is 0 Å². The summed E-state index contributed by atoms with van der Waals surface area (Å²) >= 11 is 12.0. The van der Waals surface area contributed by atoms with E-state index in [1.165, 1.54) is 0 Å². The van der Waals surface area contributed by atoms with E-state index in [4.69, 9.17) is 32.7 Å². The van der Waals surface area contributed by atoms with Crippen LogP contribution >= 0.6 is 23.2 Å². The van der Waals surface area contributed by atoms with Gasteiger partial charge in [-0.15, -0.1) is 0 Å². The normalized spacial score (nSPS) is 11.7. The number of ether oxygens (including phenoxy) is 2. The van der Waals surface area contributed by atoms with Crippen LogP contribution in [-0.4, -0.2) is 19.1 Å². The Bertz CT molecular complexity index is 689. The third-order valence-corrected chi connectivity index (χ3v) is 3.87. The van der Waals surface area contributed by atoms with Gasteiger partial charge in [0, 0.05) is 10.0 Å². The molecule has 0 saturated carbocycles. The summed E-state index contributed by atoms with van der Waals surface area (Å²) in [6.45, 7) is 4.30. The molecule has 0 spiro atoms. The maximum absolute atomic E-state index is 12.0. The topological polar surface area (TPSA) is 47.6 Å². The first-order valence-electron chi connectivity index (χ1n) is 7.59. The molecule has 128 valence electrons. The summed E-state index contributed by atoms with van der Waals surface area (Å²) < 4.78 is 10.8. The van der Waals surface area contributed by atoms with Gasteiger partial charge in [0.2, 0.25) is 0 Å². The van der Waals surface area contributed by atoms with Crippen LogP contribution in [0.4, 0.5) is 0 Å². The molecule has 0 saturated heterocycles. The second kappa shape index (κ2) is 8.81. The second-order valence-electron chi connectivity index (χ2n) is 5.15. The third-order valence-electron chi connectivity index (χ3n) is 3.31. The summed E-state index contributed by atoms with van der Waals surface area (Å²) in [5.41, 5.74) is 0.801. The number of nitrogens with one attached hydrogen (secondary N) is 1. The zero-order chi connectivity index (χ0) is 17.5. The number of amides is 1. The van der Waals surface area contributed by atoms with Crippen LogP contribution in [0.15, 0.2) is 42.5 Å². The Hall–Kier alpha value is -1.91. The molecule has 1 amide bonds. The fourth-order valence-corrected chi connectivity index (χ4v) is 2.73. The molecule has 0 fully saturated rings. The lowest BCUT2D eigenvalue weighted by atomic mass is 10.1. The van der Waals surface area contributed by atoms with Gasteiger partial charge in [-0.05, 0) is 55.8 Å². The van der Waals surface area contributed by atoms with Crippen molar-refractivity contribution < 1.29 is 14.3 Å². The van der Waals surface area contributed by atoms with Crippen molar-refractivity contribution in [2.75, 3.05) is 13.2 Å². The van der Waals surface area contributed by atoms with E-state index < -0.39 is 0 Å². The van der Waals surface area contributed by atoms with Crippen LogP contribution in [0.5, 0.6) is 11.5 Å². The molecule has 2 rings (SSSR count). The minimum absolute atomic E-state index is 0.0798. The lowest BCUT2D eigenvalue weighted by Crippen LogP contribution is -2.31. The van der Waals surface area contributed by atoms with E-state index in [0.29, 0.717) is 22.4 Å². The summed E-state index contributed by atoms with van der Waals surface area (Å²) in [4.78, 5) is 12.0. The molecule has 0 unspecified atom stereocenters. The summed E-state index contributed by atoms with van der Waals surface area (Å²) in [7, 11) is 0. The van der Waals surface area contributed by atoms with Crippen molar-refractivity contribution in [3.8, 4) is 11.5 Å². The maximum Gasteiger partial charge on any atom is 0.258 e. The van der Waals surface area contributed by atoms with Gasteiger partial charge >= 0.3 is 0 Å². The predicted octanol–water partition coefficient (Wildman–Crippen LogP) is 4.65. The number of carbonyl (C=O) groups excluding carboxylic acids is 1. The first kappa shape index (κ1) is 18.4. The van der Waals surface area contributed by atoms with Crippen molar-refractivity contribution in [3.63, 3.8) is 0 Å². The van der Waals surface area contributed by atoms with Gasteiger partial charge in [0.25, 0.3) is 5.91 Å². The van der Waals surface area contributed by atoms with E-state index in [9.17, 15) is 4.79 Å². The van der Waals surface area contributed by atoms with Crippen molar-refractivity contribution in [1.82, 2.24) is 5.32 Å². The quantitative estimate of drug-likeness (QED) is 0.774. The van der Waals surface area contributed by atoms with Crippen molar-refractivity contribution in [3.05, 3.63) is 58.1 Å². The highest BCUT2D eigenvalue weighted by atomic mass is 35.5. The molecule has 0 aliphatic rings. The van der Waals surface area contributed by atoms with E-state index in [0.717, 1.165) is 11.3 Å². The van der Waals surface area contributed by atoms with Crippen LogP contribution in [-0.2, 0) is 4.79 Å². The number of benzene rings is 2. The number of hydrogen-bond acceptors (Lipinski definition) is 3. The Kier molecular flexibility index (Phi) is 6.76. The lowest BCUT2D eigenvalue weighted by Gasteiger charge is -2.16. The van der Waals surface area contributed by atoms with Gasteiger partial charge in [-0.1, -0.05) is 29.3 Å². The molecule has 2 aromatic carbocycles. The third kappa shape index (κ3) is 5.32. The van der Waals surface area contributed by atoms with Gasteiger partial charge in [0.05, 0.1) is 12.6 Å². The smallest absolute Gasteiger partial charge is 0.258 e. The average molecular weight is 368 g/mol. The Morgan fingerprint density at radius 1 is 1.08 bits per heavy atom. The largest absolute Gasteiger partial charge is 0.494 e. The Balaban J connectivity index is 1.86. The number of hydrogen-bond donors (Lipinski definition) is 1. The minimum Gasteiger partial charge on any atom is -0.494 e. The van der Waals surface area contributed by atoms with E-state index in [1.54, 1.807) is 42.5 Å². The Morgan fingerprint density at radius 3 is 2.29 bits per heavy atom. The summed E-state index contributed by atoms with van der Waals surface area (Å²) in [5, 5.41) is 3.92. The van der Waals surface area contributed by atoms with Gasteiger partial charge in [0.15, 0.2) is 6.61 Å². The zero-order valence-electron chi connectivity index (χ0n) is 13.5. The van der Waals surface area contributed by atoms with Crippen molar-refractivity contribution >= 4 is 29.1 Å². The van der Waals surface area contributed by atoms with Crippen LogP contribution in [0, 0.1) is 0 Å². The van der Waals surface area contributed by atoms with Crippen molar-refractivity contribution in [1.29, 1.82) is 0 Å². The predicted molar refractivity (Wildman–Crippen MR) is 96.1 cm³/mol. The monoisotopic (exact) mass is 367 g/mol.